The molecular weight excluding hydrogens is 228 g/mol. The Balaban J connectivity index is 1.84. The van der Waals surface area contributed by atoms with Gasteiger partial charge < -0.3 is 16.2 Å². The number of amides is 1. The Morgan fingerprint density at radius 2 is 1.67 bits per heavy atom. The molecule has 0 unspecified atom stereocenters. The highest BCUT2D eigenvalue weighted by Gasteiger charge is 2.43. The molecule has 2 fully saturated rings. The van der Waals surface area contributed by atoms with Gasteiger partial charge in [-0.05, 0) is 25.7 Å². The maximum absolute atomic E-state index is 12.1. The lowest BCUT2D eigenvalue weighted by molar-refractivity contribution is -0.136. The van der Waals surface area contributed by atoms with Gasteiger partial charge in [-0.1, -0.05) is 32.1 Å². The van der Waals surface area contributed by atoms with Gasteiger partial charge in [-0.2, -0.15) is 0 Å². The first kappa shape index (κ1) is 13.8. The van der Waals surface area contributed by atoms with E-state index in [-0.39, 0.29) is 11.3 Å². The molecule has 2 aliphatic rings. The van der Waals surface area contributed by atoms with Crippen LogP contribution in [0.15, 0.2) is 0 Å². The van der Waals surface area contributed by atoms with Crippen LogP contribution in [0.25, 0.3) is 0 Å². The summed E-state index contributed by atoms with van der Waals surface area (Å²) in [7, 11) is 0. The van der Waals surface area contributed by atoms with Crippen LogP contribution < -0.4 is 11.1 Å². The minimum absolute atomic E-state index is 0.0499. The smallest absolute Gasteiger partial charge is 0.227 e. The Morgan fingerprint density at radius 1 is 1.06 bits per heavy atom. The van der Waals surface area contributed by atoms with E-state index in [9.17, 15) is 9.90 Å². The highest BCUT2D eigenvalue weighted by Crippen LogP contribution is 2.40. The second-order valence-electron chi connectivity index (χ2n) is 6.16. The van der Waals surface area contributed by atoms with Gasteiger partial charge >= 0.3 is 0 Å². The molecule has 0 atom stereocenters. The Labute approximate surface area is 109 Å². The van der Waals surface area contributed by atoms with E-state index in [4.69, 9.17) is 5.73 Å². The predicted molar refractivity (Wildman–Crippen MR) is 71.0 cm³/mol. The van der Waals surface area contributed by atoms with Crippen molar-refractivity contribution in [1.82, 2.24) is 5.32 Å². The molecule has 2 rings (SSSR count). The zero-order chi connectivity index (χ0) is 13.1. The SMILES string of the molecule is NCC1(C(=O)NCC2(O)CCCCCC2)CCC1. The van der Waals surface area contributed by atoms with Crippen LogP contribution in [0.4, 0.5) is 0 Å². The fraction of sp³-hybridized carbons (Fsp3) is 0.929. The maximum atomic E-state index is 12.1. The number of nitrogens with one attached hydrogen (secondary N) is 1. The maximum Gasteiger partial charge on any atom is 0.227 e. The zero-order valence-corrected chi connectivity index (χ0v) is 11.2. The Hall–Kier alpha value is -0.610. The first-order valence-corrected chi connectivity index (χ1v) is 7.31. The van der Waals surface area contributed by atoms with E-state index in [1.165, 1.54) is 12.8 Å². The summed E-state index contributed by atoms with van der Waals surface area (Å²) in [5, 5.41) is 13.4. The fourth-order valence-corrected chi connectivity index (χ4v) is 3.12. The third-order valence-corrected chi connectivity index (χ3v) is 4.80. The van der Waals surface area contributed by atoms with E-state index >= 15 is 0 Å². The van der Waals surface area contributed by atoms with Gasteiger partial charge in [0.05, 0.1) is 11.0 Å². The largest absolute Gasteiger partial charge is 0.388 e. The Bertz CT molecular complexity index is 287. The summed E-state index contributed by atoms with van der Waals surface area (Å²) in [4.78, 5) is 12.1. The van der Waals surface area contributed by atoms with Gasteiger partial charge in [0.25, 0.3) is 0 Å². The van der Waals surface area contributed by atoms with Crippen molar-refractivity contribution in [1.29, 1.82) is 0 Å². The quantitative estimate of drug-likeness (QED) is 0.662. The Kier molecular flexibility index (Phi) is 4.28. The lowest BCUT2D eigenvalue weighted by Gasteiger charge is -2.40. The molecule has 0 heterocycles. The van der Waals surface area contributed by atoms with Gasteiger partial charge in [0.1, 0.15) is 0 Å². The van der Waals surface area contributed by atoms with Crippen molar-refractivity contribution in [3.05, 3.63) is 0 Å². The number of nitrogens with two attached hydrogens (primary N) is 1. The van der Waals surface area contributed by atoms with E-state index in [1.54, 1.807) is 0 Å². The lowest BCUT2D eigenvalue weighted by atomic mass is 9.68. The Morgan fingerprint density at radius 3 is 2.11 bits per heavy atom. The fourth-order valence-electron chi connectivity index (χ4n) is 3.12. The summed E-state index contributed by atoms with van der Waals surface area (Å²) in [6.07, 6.45) is 9.02. The molecule has 0 aliphatic heterocycles. The number of hydrogen-bond donors (Lipinski definition) is 3. The molecule has 0 spiro atoms. The lowest BCUT2D eigenvalue weighted by Crippen LogP contribution is -2.53. The molecule has 0 aromatic heterocycles. The van der Waals surface area contributed by atoms with Gasteiger partial charge in [-0.3, -0.25) is 4.79 Å². The zero-order valence-electron chi connectivity index (χ0n) is 11.2. The van der Waals surface area contributed by atoms with E-state index < -0.39 is 5.60 Å². The van der Waals surface area contributed by atoms with Crippen molar-refractivity contribution < 1.29 is 9.90 Å². The van der Waals surface area contributed by atoms with Crippen LogP contribution in [-0.2, 0) is 4.79 Å². The van der Waals surface area contributed by atoms with E-state index in [0.717, 1.165) is 44.9 Å². The molecule has 104 valence electrons. The normalized spacial score (nSPS) is 25.9. The van der Waals surface area contributed by atoms with Gasteiger partial charge in [0.15, 0.2) is 0 Å². The molecule has 0 bridgehead atoms. The number of carbonyl (C=O) groups is 1. The molecule has 4 N–H and O–H groups in total. The van der Waals surface area contributed by atoms with Crippen molar-refractivity contribution in [3.63, 3.8) is 0 Å². The van der Waals surface area contributed by atoms with Gasteiger partial charge in [-0.15, -0.1) is 0 Å². The molecule has 2 saturated carbocycles. The standard InChI is InChI=1S/C14H26N2O2/c15-10-13(6-5-7-13)12(17)16-11-14(18)8-3-1-2-4-9-14/h18H,1-11,15H2,(H,16,17). The van der Waals surface area contributed by atoms with Crippen molar-refractivity contribution in [2.24, 2.45) is 11.1 Å². The first-order valence-electron chi connectivity index (χ1n) is 7.31. The molecule has 18 heavy (non-hydrogen) atoms. The van der Waals surface area contributed by atoms with Crippen LogP contribution in [-0.4, -0.2) is 29.7 Å². The van der Waals surface area contributed by atoms with Crippen LogP contribution >= 0.6 is 0 Å². The summed E-state index contributed by atoms with van der Waals surface area (Å²) in [5.41, 5.74) is 4.69. The summed E-state index contributed by atoms with van der Waals surface area (Å²) in [6, 6.07) is 0. The van der Waals surface area contributed by atoms with E-state index in [1.807, 2.05) is 0 Å². The van der Waals surface area contributed by atoms with Gasteiger partial charge in [0.2, 0.25) is 5.91 Å². The molecule has 0 aromatic carbocycles. The van der Waals surface area contributed by atoms with Crippen molar-refractivity contribution >= 4 is 5.91 Å². The van der Waals surface area contributed by atoms with Crippen LogP contribution in [0.3, 0.4) is 0 Å². The third kappa shape index (κ3) is 2.86. The second-order valence-corrected chi connectivity index (χ2v) is 6.16. The summed E-state index contributed by atoms with van der Waals surface area (Å²) in [6.45, 7) is 0.824. The van der Waals surface area contributed by atoms with Crippen LogP contribution in [0, 0.1) is 5.41 Å². The third-order valence-electron chi connectivity index (χ3n) is 4.80. The van der Waals surface area contributed by atoms with Gasteiger partial charge in [0, 0.05) is 13.1 Å². The van der Waals surface area contributed by atoms with Crippen molar-refractivity contribution in [3.8, 4) is 0 Å². The second kappa shape index (κ2) is 5.57. The number of carbonyl (C=O) groups excluding carboxylic acids is 1. The molecule has 0 aromatic rings. The summed E-state index contributed by atoms with van der Waals surface area (Å²) in [5.74, 6) is 0.0499. The highest BCUT2D eigenvalue weighted by atomic mass is 16.3. The highest BCUT2D eigenvalue weighted by molar-refractivity contribution is 5.83. The van der Waals surface area contributed by atoms with Crippen LogP contribution in [0.2, 0.25) is 0 Å². The average Bonchev–Trinajstić information content (AvgIpc) is 2.52. The van der Waals surface area contributed by atoms with Crippen LogP contribution in [0.1, 0.15) is 57.8 Å². The molecule has 0 radical (unpaired) electrons. The molecule has 2 aliphatic carbocycles. The topological polar surface area (TPSA) is 75.4 Å². The first-order chi connectivity index (χ1) is 8.60. The molecular formula is C14H26N2O2. The minimum Gasteiger partial charge on any atom is -0.388 e. The molecule has 1 amide bonds. The van der Waals surface area contributed by atoms with Crippen molar-refractivity contribution in [2.75, 3.05) is 13.1 Å². The molecule has 4 heteroatoms. The summed E-state index contributed by atoms with van der Waals surface area (Å²) < 4.78 is 0. The van der Waals surface area contributed by atoms with E-state index in [0.29, 0.717) is 13.1 Å². The number of hydrogen-bond acceptors (Lipinski definition) is 3. The average molecular weight is 254 g/mol. The predicted octanol–water partition coefficient (Wildman–Crippen LogP) is 1.32. The molecule has 0 saturated heterocycles. The van der Waals surface area contributed by atoms with Gasteiger partial charge in [-0.25, -0.2) is 0 Å². The number of aliphatic hydroxyl groups is 1. The summed E-state index contributed by atoms with van der Waals surface area (Å²) >= 11 is 0. The minimum atomic E-state index is -0.689. The molecule has 4 nitrogen and oxygen atoms in total. The van der Waals surface area contributed by atoms with Crippen molar-refractivity contribution in [2.45, 2.75) is 63.4 Å². The van der Waals surface area contributed by atoms with Crippen LogP contribution in [0.5, 0.6) is 0 Å². The monoisotopic (exact) mass is 254 g/mol. The number of rotatable bonds is 4. The van der Waals surface area contributed by atoms with E-state index in [2.05, 4.69) is 5.32 Å².